The Bertz CT molecular complexity index is 947. The van der Waals surface area contributed by atoms with Crippen LogP contribution in [0.25, 0.3) is 0 Å². The number of rotatable bonds is 11. The molecule has 0 spiro atoms. The molecule has 5 N–H and O–H groups in total. The van der Waals surface area contributed by atoms with E-state index in [0.29, 0.717) is 25.1 Å². The van der Waals surface area contributed by atoms with Crippen LogP contribution >= 0.6 is 0 Å². The monoisotopic (exact) mass is 472 g/mol. The number of carbonyl (C=O) groups is 2. The summed E-state index contributed by atoms with van der Waals surface area (Å²) in [6.45, 7) is 2.36. The highest BCUT2D eigenvalue weighted by Gasteiger charge is 2.63. The largest absolute Gasteiger partial charge is 0.504 e. The van der Waals surface area contributed by atoms with Crippen LogP contribution in [0.2, 0.25) is 0 Å². The van der Waals surface area contributed by atoms with E-state index in [1.54, 1.807) is 6.07 Å². The number of ether oxygens (including phenoxy) is 1. The molecule has 0 saturated heterocycles. The van der Waals surface area contributed by atoms with E-state index in [4.69, 9.17) is 9.84 Å². The number of carboxylic acids is 1. The molecule has 8 nitrogen and oxygen atoms in total. The van der Waals surface area contributed by atoms with Crippen molar-refractivity contribution in [3.63, 3.8) is 0 Å². The molecule has 0 aromatic heterocycles. The fraction of sp³-hybridized carbons (Fsp3) is 0.692. The number of amides is 1. The van der Waals surface area contributed by atoms with Crippen LogP contribution in [0.5, 0.6) is 11.5 Å². The van der Waals surface area contributed by atoms with E-state index in [-0.39, 0.29) is 36.3 Å². The van der Waals surface area contributed by atoms with Gasteiger partial charge in [-0.15, -0.1) is 0 Å². The molecule has 1 aromatic rings. The summed E-state index contributed by atoms with van der Waals surface area (Å²) < 4.78 is 6.32. The van der Waals surface area contributed by atoms with Gasteiger partial charge in [0.25, 0.3) is 0 Å². The van der Waals surface area contributed by atoms with Gasteiger partial charge in [0.2, 0.25) is 5.91 Å². The van der Waals surface area contributed by atoms with E-state index >= 15 is 0 Å². The van der Waals surface area contributed by atoms with Gasteiger partial charge in [-0.2, -0.15) is 0 Å². The Morgan fingerprint density at radius 2 is 1.94 bits per heavy atom. The van der Waals surface area contributed by atoms with Crippen LogP contribution in [0, 0.1) is 17.8 Å². The lowest BCUT2D eigenvalue weighted by Crippen LogP contribution is -2.60. The molecule has 186 valence electrons. The van der Waals surface area contributed by atoms with Gasteiger partial charge >= 0.3 is 5.97 Å². The zero-order chi connectivity index (χ0) is 23.9. The average Bonchev–Trinajstić information content (AvgIpc) is 3.56. The minimum atomic E-state index is -0.888. The predicted octanol–water partition coefficient (Wildman–Crippen LogP) is 2.09. The van der Waals surface area contributed by atoms with Crippen LogP contribution in [0.3, 0.4) is 0 Å². The van der Waals surface area contributed by atoms with Crippen molar-refractivity contribution in [1.82, 2.24) is 10.6 Å². The highest BCUT2D eigenvalue weighted by Crippen LogP contribution is 2.62. The van der Waals surface area contributed by atoms with Crippen molar-refractivity contribution in [3.8, 4) is 11.5 Å². The van der Waals surface area contributed by atoms with Crippen LogP contribution in [0.1, 0.15) is 62.5 Å². The van der Waals surface area contributed by atoms with Crippen molar-refractivity contribution >= 4 is 11.9 Å². The highest BCUT2D eigenvalue weighted by atomic mass is 16.5. The molecule has 34 heavy (non-hydrogen) atoms. The molecule has 5 rings (SSSR count). The SMILES string of the molecule is O=C(O)CCCC(=O)NCC1Cc2ccc(O)c3c2C2(CCNCC4CC4)C1CCC(O)[C@@H]2O3. The normalized spacial score (nSPS) is 31.0. The number of aromatic hydroxyl groups is 1. The van der Waals surface area contributed by atoms with Gasteiger partial charge in [-0.1, -0.05) is 6.07 Å². The number of nitrogens with one attached hydrogen (secondary N) is 2. The summed E-state index contributed by atoms with van der Waals surface area (Å²) in [6.07, 6.45) is 5.21. The first-order valence-corrected chi connectivity index (χ1v) is 12.8. The van der Waals surface area contributed by atoms with Gasteiger partial charge in [0.1, 0.15) is 6.10 Å². The van der Waals surface area contributed by atoms with Gasteiger partial charge in [0.05, 0.1) is 6.10 Å². The summed E-state index contributed by atoms with van der Waals surface area (Å²) in [5, 5.41) is 37.1. The molecule has 1 heterocycles. The number of hydrogen-bond acceptors (Lipinski definition) is 6. The van der Waals surface area contributed by atoms with E-state index < -0.39 is 23.6 Å². The highest BCUT2D eigenvalue weighted by molar-refractivity contribution is 5.76. The number of carboxylic acid groups (broad SMARTS) is 1. The molecule has 3 aliphatic carbocycles. The number of phenols is 1. The summed E-state index contributed by atoms with van der Waals surface area (Å²) in [5.41, 5.74) is 1.81. The number of benzene rings is 1. The minimum absolute atomic E-state index is 0.00695. The standard InChI is InChI=1S/C26H36N2O6/c29-19-8-6-16-12-17(14-28-21(31)2-1-3-22(32)33)18-7-9-20(30)25-26(18,23(16)24(19)34-25)10-11-27-13-15-4-5-15/h6,8,15,17-18,20,25,27,29-30H,1-5,7,9-14H2,(H,28,31)(H,32,33)/t17?,18?,20?,25-,26?/m0/s1. The van der Waals surface area contributed by atoms with Gasteiger partial charge in [0, 0.05) is 30.4 Å². The summed E-state index contributed by atoms with van der Waals surface area (Å²) in [5.74, 6) is 0.854. The molecule has 4 unspecified atom stereocenters. The minimum Gasteiger partial charge on any atom is -0.504 e. The Morgan fingerprint density at radius 3 is 2.71 bits per heavy atom. The topological polar surface area (TPSA) is 128 Å². The van der Waals surface area contributed by atoms with E-state index in [0.717, 1.165) is 49.4 Å². The third-order valence-corrected chi connectivity index (χ3v) is 8.48. The van der Waals surface area contributed by atoms with Crippen LogP contribution < -0.4 is 15.4 Å². The van der Waals surface area contributed by atoms with Crippen molar-refractivity contribution in [2.24, 2.45) is 17.8 Å². The molecule has 0 radical (unpaired) electrons. The lowest BCUT2D eigenvalue weighted by Gasteiger charge is -2.53. The number of hydrogen-bond donors (Lipinski definition) is 5. The second-order valence-corrected chi connectivity index (χ2v) is 10.7. The Balaban J connectivity index is 1.38. The van der Waals surface area contributed by atoms with Gasteiger partial charge in [-0.05, 0) is 87.4 Å². The van der Waals surface area contributed by atoms with Crippen LogP contribution in [0.15, 0.2) is 12.1 Å². The van der Waals surface area contributed by atoms with Crippen molar-refractivity contribution in [1.29, 1.82) is 0 Å². The molecule has 1 amide bonds. The van der Waals surface area contributed by atoms with E-state index in [2.05, 4.69) is 10.6 Å². The Labute approximate surface area is 200 Å². The number of carbonyl (C=O) groups excluding carboxylic acids is 1. The van der Waals surface area contributed by atoms with Gasteiger partial charge < -0.3 is 30.7 Å². The van der Waals surface area contributed by atoms with Crippen LogP contribution in [-0.4, -0.2) is 59.0 Å². The van der Waals surface area contributed by atoms with Crippen molar-refractivity contribution in [2.75, 3.05) is 19.6 Å². The maximum absolute atomic E-state index is 12.4. The molecule has 2 fully saturated rings. The second-order valence-electron chi connectivity index (χ2n) is 10.7. The summed E-state index contributed by atoms with van der Waals surface area (Å²) >= 11 is 0. The maximum Gasteiger partial charge on any atom is 0.303 e. The summed E-state index contributed by atoms with van der Waals surface area (Å²) in [6, 6.07) is 3.65. The number of phenolic OH excluding ortho intramolecular Hbond substituents is 1. The van der Waals surface area contributed by atoms with E-state index in [1.807, 2.05) is 6.07 Å². The third kappa shape index (κ3) is 4.26. The first-order chi connectivity index (χ1) is 16.4. The molecule has 0 bridgehead atoms. The molecule has 2 saturated carbocycles. The third-order valence-electron chi connectivity index (χ3n) is 8.48. The smallest absolute Gasteiger partial charge is 0.303 e. The van der Waals surface area contributed by atoms with E-state index in [9.17, 15) is 19.8 Å². The molecule has 8 heteroatoms. The van der Waals surface area contributed by atoms with Crippen molar-refractivity contribution in [3.05, 3.63) is 23.3 Å². The van der Waals surface area contributed by atoms with Gasteiger partial charge in [0.15, 0.2) is 11.5 Å². The predicted molar refractivity (Wildman–Crippen MR) is 125 cm³/mol. The summed E-state index contributed by atoms with van der Waals surface area (Å²) in [7, 11) is 0. The average molecular weight is 473 g/mol. The van der Waals surface area contributed by atoms with Crippen molar-refractivity contribution in [2.45, 2.75) is 75.4 Å². The summed E-state index contributed by atoms with van der Waals surface area (Å²) in [4.78, 5) is 23.1. The lowest BCUT2D eigenvalue weighted by molar-refractivity contribution is -0.137. The van der Waals surface area contributed by atoms with E-state index in [1.165, 1.54) is 12.8 Å². The van der Waals surface area contributed by atoms with Gasteiger partial charge in [-0.3, -0.25) is 9.59 Å². The molecule has 1 aliphatic heterocycles. The quantitative estimate of drug-likeness (QED) is 0.312. The molecular weight excluding hydrogens is 436 g/mol. The molecule has 1 aromatic carbocycles. The maximum atomic E-state index is 12.4. The lowest BCUT2D eigenvalue weighted by atomic mass is 9.51. The second kappa shape index (κ2) is 9.38. The molecule has 5 atom stereocenters. The molecule has 4 aliphatic rings. The Morgan fingerprint density at radius 1 is 1.12 bits per heavy atom. The van der Waals surface area contributed by atoms with Crippen LogP contribution in [-0.2, 0) is 21.4 Å². The zero-order valence-corrected chi connectivity index (χ0v) is 19.6. The Hall–Kier alpha value is -2.32. The van der Waals surface area contributed by atoms with Crippen LogP contribution in [0.4, 0.5) is 0 Å². The number of aliphatic carboxylic acids is 1. The van der Waals surface area contributed by atoms with Gasteiger partial charge in [-0.25, -0.2) is 0 Å². The number of aliphatic hydroxyl groups excluding tert-OH is 1. The fourth-order valence-corrected chi connectivity index (χ4v) is 6.77. The van der Waals surface area contributed by atoms with Crippen molar-refractivity contribution < 1.29 is 29.6 Å². The first kappa shape index (κ1) is 23.4. The Kier molecular flexibility index (Phi) is 6.46. The zero-order valence-electron chi connectivity index (χ0n) is 19.6. The number of aliphatic hydroxyl groups is 1. The fourth-order valence-electron chi connectivity index (χ4n) is 6.77. The first-order valence-electron chi connectivity index (χ1n) is 12.8. The molecular formula is C26H36N2O6.